The molecular formula is C18H18N4O3. The van der Waals surface area contributed by atoms with Crippen molar-refractivity contribution in [1.82, 2.24) is 15.7 Å². The summed E-state index contributed by atoms with van der Waals surface area (Å²) < 4.78 is 5.06. The van der Waals surface area contributed by atoms with Crippen LogP contribution in [0.4, 0.5) is 0 Å². The fraction of sp³-hybridized carbons (Fsp3) is 0.111. The molecule has 0 fully saturated rings. The van der Waals surface area contributed by atoms with Gasteiger partial charge < -0.3 is 10.1 Å². The van der Waals surface area contributed by atoms with E-state index in [2.05, 4.69) is 20.8 Å². The van der Waals surface area contributed by atoms with Crippen molar-refractivity contribution < 1.29 is 14.3 Å². The lowest BCUT2D eigenvalue weighted by atomic mass is 10.2. The van der Waals surface area contributed by atoms with E-state index in [0.717, 1.165) is 16.9 Å². The Morgan fingerprint density at radius 1 is 1.20 bits per heavy atom. The van der Waals surface area contributed by atoms with Gasteiger partial charge >= 0.3 is 0 Å². The van der Waals surface area contributed by atoms with E-state index in [-0.39, 0.29) is 12.5 Å². The molecule has 2 N–H and O–H groups in total. The molecule has 0 saturated carbocycles. The molecule has 0 aliphatic carbocycles. The number of hydrogen-bond donors (Lipinski definition) is 2. The van der Waals surface area contributed by atoms with Crippen molar-refractivity contribution in [2.24, 2.45) is 5.10 Å². The molecule has 1 heterocycles. The van der Waals surface area contributed by atoms with Crippen LogP contribution in [-0.4, -0.2) is 36.7 Å². The van der Waals surface area contributed by atoms with E-state index >= 15 is 0 Å². The van der Waals surface area contributed by atoms with Crippen LogP contribution in [0.1, 0.15) is 11.1 Å². The lowest BCUT2D eigenvalue weighted by Gasteiger charge is -2.01. The van der Waals surface area contributed by atoms with Crippen LogP contribution >= 0.6 is 0 Å². The second-order valence-electron chi connectivity index (χ2n) is 4.90. The Morgan fingerprint density at radius 3 is 2.68 bits per heavy atom. The highest BCUT2D eigenvalue weighted by atomic mass is 16.5. The lowest BCUT2D eigenvalue weighted by molar-refractivity contribution is -0.123. The van der Waals surface area contributed by atoms with Gasteiger partial charge in [0.1, 0.15) is 5.75 Å². The van der Waals surface area contributed by atoms with Crippen LogP contribution < -0.4 is 15.5 Å². The summed E-state index contributed by atoms with van der Waals surface area (Å²) in [6, 6.07) is 10.8. The van der Waals surface area contributed by atoms with E-state index < -0.39 is 5.91 Å². The van der Waals surface area contributed by atoms with Gasteiger partial charge in [-0.1, -0.05) is 18.2 Å². The number of carbonyl (C=O) groups is 2. The Bertz CT molecular complexity index is 756. The number of methoxy groups -OCH3 is 1. The zero-order valence-electron chi connectivity index (χ0n) is 13.7. The molecule has 0 unspecified atom stereocenters. The monoisotopic (exact) mass is 338 g/mol. The maximum absolute atomic E-state index is 11.7. The Balaban J connectivity index is 1.72. The van der Waals surface area contributed by atoms with E-state index in [1.807, 2.05) is 12.1 Å². The van der Waals surface area contributed by atoms with Gasteiger partial charge in [0.25, 0.3) is 5.91 Å². The molecule has 1 aromatic carbocycles. The van der Waals surface area contributed by atoms with Gasteiger partial charge in [0.05, 0.1) is 19.9 Å². The molecule has 0 aliphatic heterocycles. The highest BCUT2D eigenvalue weighted by Gasteiger charge is 2.01. The third-order valence-corrected chi connectivity index (χ3v) is 3.05. The minimum Gasteiger partial charge on any atom is -0.497 e. The molecule has 0 atom stereocenters. The van der Waals surface area contributed by atoms with Gasteiger partial charge in [0.15, 0.2) is 0 Å². The SMILES string of the molecule is COc1ccc(/C=C/C(=O)NCC(=O)N/N=C\c2cccnc2)cc1. The van der Waals surface area contributed by atoms with Crippen LogP contribution in [0.2, 0.25) is 0 Å². The standard InChI is InChI=1S/C18H18N4O3/c1-25-16-7-4-14(5-8-16)6-9-17(23)20-13-18(24)22-21-12-15-3-2-10-19-11-15/h2-12H,13H2,1H3,(H,20,23)(H,22,24)/b9-6+,21-12-. The summed E-state index contributed by atoms with van der Waals surface area (Å²) in [5, 5.41) is 6.26. The van der Waals surface area contributed by atoms with Gasteiger partial charge in [-0.05, 0) is 29.8 Å². The van der Waals surface area contributed by atoms with Crippen molar-refractivity contribution in [2.75, 3.05) is 13.7 Å². The van der Waals surface area contributed by atoms with Gasteiger partial charge in [-0.15, -0.1) is 0 Å². The molecule has 0 spiro atoms. The number of carbonyl (C=O) groups excluding carboxylic acids is 2. The van der Waals surface area contributed by atoms with Crippen LogP contribution in [0.25, 0.3) is 6.08 Å². The van der Waals surface area contributed by atoms with Gasteiger partial charge in [-0.2, -0.15) is 5.10 Å². The molecule has 0 saturated heterocycles. The highest BCUT2D eigenvalue weighted by Crippen LogP contribution is 2.12. The van der Waals surface area contributed by atoms with Gasteiger partial charge in [-0.25, -0.2) is 5.43 Å². The molecule has 128 valence electrons. The maximum Gasteiger partial charge on any atom is 0.259 e. The zero-order chi connectivity index (χ0) is 17.9. The summed E-state index contributed by atoms with van der Waals surface area (Å²) in [6.07, 6.45) is 7.73. The molecule has 1 aromatic heterocycles. The average molecular weight is 338 g/mol. The molecule has 0 aliphatic rings. The fourth-order valence-corrected chi connectivity index (χ4v) is 1.78. The Labute approximate surface area is 145 Å². The summed E-state index contributed by atoms with van der Waals surface area (Å²) in [6.45, 7) is -0.170. The van der Waals surface area contributed by atoms with Gasteiger partial charge in [0.2, 0.25) is 5.91 Å². The molecule has 7 heteroatoms. The zero-order valence-corrected chi connectivity index (χ0v) is 13.7. The number of amides is 2. The van der Waals surface area contributed by atoms with Crippen molar-refractivity contribution in [3.8, 4) is 5.75 Å². The molecule has 0 bridgehead atoms. The fourth-order valence-electron chi connectivity index (χ4n) is 1.78. The minimum atomic E-state index is -0.425. The van der Waals surface area contributed by atoms with E-state index in [1.54, 1.807) is 49.8 Å². The van der Waals surface area contributed by atoms with E-state index in [9.17, 15) is 9.59 Å². The van der Waals surface area contributed by atoms with Crippen molar-refractivity contribution >= 4 is 24.1 Å². The normalized spacial score (nSPS) is 10.8. The number of benzene rings is 1. The number of nitrogens with zero attached hydrogens (tertiary/aromatic N) is 2. The highest BCUT2D eigenvalue weighted by molar-refractivity contribution is 5.94. The quantitative estimate of drug-likeness (QED) is 0.453. The topological polar surface area (TPSA) is 92.7 Å². The predicted octanol–water partition coefficient (Wildman–Crippen LogP) is 1.37. The van der Waals surface area contributed by atoms with Crippen LogP contribution in [-0.2, 0) is 9.59 Å². The number of hydrogen-bond acceptors (Lipinski definition) is 5. The van der Waals surface area contributed by atoms with Crippen LogP contribution in [0.5, 0.6) is 5.75 Å². The first-order valence-corrected chi connectivity index (χ1v) is 7.49. The number of hydrazone groups is 1. The maximum atomic E-state index is 11.7. The summed E-state index contributed by atoms with van der Waals surface area (Å²) in [5.74, 6) is -0.0568. The van der Waals surface area contributed by atoms with Gasteiger partial charge in [-0.3, -0.25) is 14.6 Å². The van der Waals surface area contributed by atoms with Crippen molar-refractivity contribution in [1.29, 1.82) is 0 Å². The average Bonchev–Trinajstić information content (AvgIpc) is 2.66. The molecular weight excluding hydrogens is 320 g/mol. The largest absolute Gasteiger partial charge is 0.497 e. The lowest BCUT2D eigenvalue weighted by Crippen LogP contribution is -2.34. The molecule has 2 rings (SSSR count). The summed E-state index contributed by atoms with van der Waals surface area (Å²) in [5.41, 5.74) is 3.93. The number of ether oxygens (including phenoxy) is 1. The Morgan fingerprint density at radius 2 is 2.00 bits per heavy atom. The minimum absolute atomic E-state index is 0.170. The van der Waals surface area contributed by atoms with E-state index in [4.69, 9.17) is 4.74 Å². The van der Waals surface area contributed by atoms with Crippen LogP contribution in [0.15, 0.2) is 60.0 Å². The molecule has 7 nitrogen and oxygen atoms in total. The predicted molar refractivity (Wildman–Crippen MR) is 95.0 cm³/mol. The van der Waals surface area contributed by atoms with E-state index in [0.29, 0.717) is 0 Å². The Kier molecular flexibility index (Phi) is 6.87. The third kappa shape index (κ3) is 6.66. The number of nitrogens with one attached hydrogen (secondary N) is 2. The molecule has 0 radical (unpaired) electrons. The van der Waals surface area contributed by atoms with Crippen molar-refractivity contribution in [3.05, 3.63) is 66.0 Å². The first-order chi connectivity index (χ1) is 12.2. The summed E-state index contributed by atoms with van der Waals surface area (Å²) in [4.78, 5) is 27.2. The number of pyridine rings is 1. The van der Waals surface area contributed by atoms with Gasteiger partial charge in [0, 0.05) is 24.0 Å². The number of rotatable bonds is 7. The van der Waals surface area contributed by atoms with Crippen LogP contribution in [0, 0.1) is 0 Å². The summed E-state index contributed by atoms with van der Waals surface area (Å²) >= 11 is 0. The van der Waals surface area contributed by atoms with E-state index in [1.165, 1.54) is 12.3 Å². The molecule has 2 aromatic rings. The molecule has 2 amide bonds. The summed E-state index contributed by atoms with van der Waals surface area (Å²) in [7, 11) is 1.59. The second-order valence-corrected chi connectivity index (χ2v) is 4.90. The smallest absolute Gasteiger partial charge is 0.259 e. The molecule has 25 heavy (non-hydrogen) atoms. The van der Waals surface area contributed by atoms with Crippen LogP contribution in [0.3, 0.4) is 0 Å². The first kappa shape index (κ1) is 17.9. The number of aromatic nitrogens is 1. The first-order valence-electron chi connectivity index (χ1n) is 7.49. The third-order valence-electron chi connectivity index (χ3n) is 3.05. The second kappa shape index (κ2) is 9.61. The Hall–Kier alpha value is -3.48. The van der Waals surface area contributed by atoms with Crippen molar-refractivity contribution in [3.63, 3.8) is 0 Å². The van der Waals surface area contributed by atoms with Crippen molar-refractivity contribution in [2.45, 2.75) is 0 Å².